The highest BCUT2D eigenvalue weighted by atomic mass is 16.5. The van der Waals surface area contributed by atoms with Gasteiger partial charge >= 0.3 is 0 Å². The summed E-state index contributed by atoms with van der Waals surface area (Å²) in [5, 5.41) is 13.1. The van der Waals surface area contributed by atoms with Gasteiger partial charge in [0, 0.05) is 11.6 Å². The molecule has 1 saturated heterocycles. The van der Waals surface area contributed by atoms with Crippen molar-refractivity contribution in [3.05, 3.63) is 0 Å². The van der Waals surface area contributed by atoms with E-state index in [1.54, 1.807) is 0 Å². The Kier molecular flexibility index (Phi) is 2.84. The number of ether oxygens (including phenoxy) is 1. The third kappa shape index (κ3) is 2.13. The Morgan fingerprint density at radius 1 is 1.25 bits per heavy atom. The van der Waals surface area contributed by atoms with Crippen LogP contribution in [0.5, 0.6) is 0 Å². The maximum atomic E-state index is 9.49. The van der Waals surface area contributed by atoms with Crippen LogP contribution < -0.4 is 5.32 Å². The van der Waals surface area contributed by atoms with Crippen LogP contribution >= 0.6 is 0 Å². The minimum atomic E-state index is -0.138. The van der Waals surface area contributed by atoms with Gasteiger partial charge in [-0.15, -0.1) is 0 Å². The molecular weight excluding hydrogens is 202 g/mol. The highest BCUT2D eigenvalue weighted by Crippen LogP contribution is 2.40. The molecule has 94 valence electrons. The summed E-state index contributed by atoms with van der Waals surface area (Å²) in [6.45, 7) is 8.82. The molecule has 0 amide bonds. The van der Waals surface area contributed by atoms with Gasteiger partial charge < -0.3 is 15.2 Å². The predicted octanol–water partition coefficient (Wildman–Crippen LogP) is 1.84. The van der Waals surface area contributed by atoms with Gasteiger partial charge in [0.25, 0.3) is 0 Å². The third-order valence-electron chi connectivity index (χ3n) is 4.17. The SMILES string of the molecule is CC1(C)CC(NC2(CO)CCC2)C(C)(C)O1. The van der Waals surface area contributed by atoms with Crippen LogP contribution in [0, 0.1) is 0 Å². The lowest BCUT2D eigenvalue weighted by Gasteiger charge is -2.45. The molecule has 0 spiro atoms. The smallest absolute Gasteiger partial charge is 0.0787 e. The molecule has 1 heterocycles. The largest absolute Gasteiger partial charge is 0.394 e. The van der Waals surface area contributed by atoms with Gasteiger partial charge in [-0.25, -0.2) is 0 Å². The van der Waals surface area contributed by atoms with Crippen LogP contribution in [0.1, 0.15) is 53.4 Å². The fourth-order valence-corrected chi connectivity index (χ4v) is 3.11. The van der Waals surface area contributed by atoms with Crippen LogP contribution in [0.15, 0.2) is 0 Å². The highest BCUT2D eigenvalue weighted by Gasteiger charge is 2.49. The maximum Gasteiger partial charge on any atom is 0.0787 e. The average Bonchev–Trinajstić information content (AvgIpc) is 2.26. The van der Waals surface area contributed by atoms with Crippen molar-refractivity contribution in [1.82, 2.24) is 5.32 Å². The van der Waals surface area contributed by atoms with Crippen molar-refractivity contribution in [2.45, 2.75) is 76.2 Å². The van der Waals surface area contributed by atoms with Crippen LogP contribution in [0.4, 0.5) is 0 Å². The molecule has 0 radical (unpaired) electrons. The summed E-state index contributed by atoms with van der Waals surface area (Å²) >= 11 is 0. The molecule has 3 heteroatoms. The lowest BCUT2D eigenvalue weighted by Crippen LogP contribution is -2.61. The molecule has 1 atom stereocenters. The second-order valence-electron chi connectivity index (χ2n) is 6.66. The number of hydrogen-bond donors (Lipinski definition) is 2. The molecule has 2 rings (SSSR count). The topological polar surface area (TPSA) is 41.5 Å². The van der Waals surface area contributed by atoms with Gasteiger partial charge in [-0.3, -0.25) is 0 Å². The van der Waals surface area contributed by atoms with E-state index in [9.17, 15) is 5.11 Å². The fraction of sp³-hybridized carbons (Fsp3) is 1.00. The van der Waals surface area contributed by atoms with Crippen molar-refractivity contribution < 1.29 is 9.84 Å². The first-order chi connectivity index (χ1) is 7.29. The lowest BCUT2D eigenvalue weighted by molar-refractivity contribution is -0.0744. The number of aliphatic hydroxyl groups excluding tert-OH is 1. The van der Waals surface area contributed by atoms with Gasteiger partial charge in [-0.05, 0) is 53.4 Å². The van der Waals surface area contributed by atoms with Crippen LogP contribution in [0.3, 0.4) is 0 Å². The number of aliphatic hydroxyl groups is 1. The van der Waals surface area contributed by atoms with E-state index in [1.807, 2.05) is 0 Å². The normalized spacial score (nSPS) is 34.7. The summed E-state index contributed by atoms with van der Waals surface area (Å²) in [5.41, 5.74) is -0.214. The number of hydrogen-bond acceptors (Lipinski definition) is 3. The Morgan fingerprint density at radius 3 is 2.19 bits per heavy atom. The van der Waals surface area contributed by atoms with Gasteiger partial charge in [0.2, 0.25) is 0 Å². The molecule has 3 nitrogen and oxygen atoms in total. The summed E-state index contributed by atoms with van der Waals surface area (Å²) in [6.07, 6.45) is 4.43. The number of nitrogens with one attached hydrogen (secondary N) is 1. The molecule has 0 bridgehead atoms. The first kappa shape index (κ1) is 12.3. The molecule has 2 fully saturated rings. The van der Waals surface area contributed by atoms with E-state index in [0.717, 1.165) is 19.3 Å². The molecule has 0 aromatic carbocycles. The zero-order valence-electron chi connectivity index (χ0n) is 11.0. The van der Waals surface area contributed by atoms with Crippen LogP contribution in [-0.4, -0.2) is 34.5 Å². The average molecular weight is 227 g/mol. The molecule has 2 N–H and O–H groups in total. The zero-order chi connectivity index (χ0) is 12.0. The summed E-state index contributed by atoms with van der Waals surface area (Å²) in [5.74, 6) is 0. The molecule has 1 unspecified atom stereocenters. The second kappa shape index (κ2) is 3.69. The second-order valence-corrected chi connectivity index (χ2v) is 6.66. The lowest BCUT2D eigenvalue weighted by atomic mass is 9.75. The van der Waals surface area contributed by atoms with Crippen molar-refractivity contribution in [3.63, 3.8) is 0 Å². The summed E-state index contributed by atoms with van der Waals surface area (Å²) in [7, 11) is 0. The Hall–Kier alpha value is -0.120. The van der Waals surface area contributed by atoms with E-state index in [0.29, 0.717) is 6.04 Å². The minimum Gasteiger partial charge on any atom is -0.394 e. The van der Waals surface area contributed by atoms with E-state index in [2.05, 4.69) is 33.0 Å². The van der Waals surface area contributed by atoms with Crippen LogP contribution in [0.2, 0.25) is 0 Å². The van der Waals surface area contributed by atoms with Gasteiger partial charge in [0.1, 0.15) is 0 Å². The van der Waals surface area contributed by atoms with Crippen molar-refractivity contribution in [1.29, 1.82) is 0 Å². The van der Waals surface area contributed by atoms with Gasteiger partial charge in [-0.1, -0.05) is 0 Å². The first-order valence-electron chi connectivity index (χ1n) is 6.37. The minimum absolute atomic E-state index is 0.0221. The Labute approximate surface area is 98.6 Å². The van der Waals surface area contributed by atoms with Gasteiger partial charge in [-0.2, -0.15) is 0 Å². The Balaban J connectivity index is 2.04. The van der Waals surface area contributed by atoms with Crippen LogP contribution in [-0.2, 0) is 4.74 Å². The number of rotatable bonds is 3. The van der Waals surface area contributed by atoms with Crippen molar-refractivity contribution in [2.24, 2.45) is 0 Å². The molecule has 1 aliphatic carbocycles. The highest BCUT2D eigenvalue weighted by molar-refractivity contribution is 5.05. The summed E-state index contributed by atoms with van der Waals surface area (Å²) in [4.78, 5) is 0. The molecule has 2 aliphatic rings. The van der Waals surface area contributed by atoms with Gasteiger partial charge in [0.15, 0.2) is 0 Å². The Bertz CT molecular complexity index is 264. The molecule has 0 aromatic heterocycles. The van der Waals surface area contributed by atoms with E-state index in [1.165, 1.54) is 6.42 Å². The third-order valence-corrected chi connectivity index (χ3v) is 4.17. The van der Waals surface area contributed by atoms with Crippen molar-refractivity contribution in [2.75, 3.05) is 6.61 Å². The molecule has 1 aliphatic heterocycles. The standard InChI is InChI=1S/C13H25NO2/c1-11(2)8-10(12(3,4)16-11)14-13(9-15)6-5-7-13/h10,14-15H,5-9H2,1-4H3. The fourth-order valence-electron chi connectivity index (χ4n) is 3.11. The quantitative estimate of drug-likeness (QED) is 0.773. The molecule has 16 heavy (non-hydrogen) atoms. The van der Waals surface area contributed by atoms with Crippen molar-refractivity contribution in [3.8, 4) is 0 Å². The molecule has 0 aromatic rings. The monoisotopic (exact) mass is 227 g/mol. The van der Waals surface area contributed by atoms with E-state index in [4.69, 9.17) is 4.74 Å². The maximum absolute atomic E-state index is 9.49. The van der Waals surface area contributed by atoms with Crippen LogP contribution in [0.25, 0.3) is 0 Å². The summed E-state index contributed by atoms with van der Waals surface area (Å²) in [6, 6.07) is 0.343. The summed E-state index contributed by atoms with van der Waals surface area (Å²) < 4.78 is 6.06. The van der Waals surface area contributed by atoms with E-state index >= 15 is 0 Å². The predicted molar refractivity (Wildman–Crippen MR) is 64.5 cm³/mol. The zero-order valence-corrected chi connectivity index (χ0v) is 11.0. The Morgan fingerprint density at radius 2 is 1.88 bits per heavy atom. The van der Waals surface area contributed by atoms with Gasteiger partial charge in [0.05, 0.1) is 17.8 Å². The molecular formula is C13H25NO2. The first-order valence-corrected chi connectivity index (χ1v) is 6.37. The van der Waals surface area contributed by atoms with E-state index < -0.39 is 0 Å². The van der Waals surface area contributed by atoms with E-state index in [-0.39, 0.29) is 23.3 Å². The molecule has 1 saturated carbocycles. The van der Waals surface area contributed by atoms with Crippen molar-refractivity contribution >= 4 is 0 Å².